The van der Waals surface area contributed by atoms with Gasteiger partial charge >= 0.3 is 6.09 Å². The first kappa shape index (κ1) is 11.7. The zero-order valence-electron chi connectivity index (χ0n) is 7.34. The molecule has 0 radical (unpaired) electrons. The maximum absolute atomic E-state index is 10.5. The molecule has 3 nitrogen and oxygen atoms in total. The molecule has 0 aromatic heterocycles. The van der Waals surface area contributed by atoms with Crippen molar-refractivity contribution in [1.29, 1.82) is 0 Å². The van der Waals surface area contributed by atoms with Gasteiger partial charge in [0.05, 0.1) is 0 Å². The standard InChI is InChI=1S/C8H14INO2/c1-3-5-7(6(9)4-2)12-8(10)11/h4,7H,3,5H2,1-2H3,(H2,10,11)/b6-4+. The van der Waals surface area contributed by atoms with E-state index in [1.54, 1.807) is 0 Å². The average molecular weight is 283 g/mol. The molecule has 0 aliphatic carbocycles. The molecule has 2 N–H and O–H groups in total. The Labute approximate surface area is 86.5 Å². The fraction of sp³-hybridized carbons (Fsp3) is 0.625. The molecular formula is C8H14INO2. The largest absolute Gasteiger partial charge is 0.441 e. The highest BCUT2D eigenvalue weighted by Crippen LogP contribution is 2.19. The van der Waals surface area contributed by atoms with Crippen LogP contribution in [0.25, 0.3) is 0 Å². The van der Waals surface area contributed by atoms with Crippen LogP contribution >= 0.6 is 22.6 Å². The Morgan fingerprint density at radius 3 is 2.67 bits per heavy atom. The van der Waals surface area contributed by atoms with Gasteiger partial charge < -0.3 is 10.5 Å². The van der Waals surface area contributed by atoms with Crippen molar-refractivity contribution in [3.63, 3.8) is 0 Å². The third-order valence-corrected chi connectivity index (χ3v) is 2.71. The monoisotopic (exact) mass is 283 g/mol. The van der Waals surface area contributed by atoms with Gasteiger partial charge in [-0.2, -0.15) is 0 Å². The van der Waals surface area contributed by atoms with Crippen molar-refractivity contribution in [3.8, 4) is 0 Å². The minimum absolute atomic E-state index is 0.155. The topological polar surface area (TPSA) is 52.3 Å². The maximum atomic E-state index is 10.5. The van der Waals surface area contributed by atoms with Gasteiger partial charge in [-0.05, 0) is 35.9 Å². The number of primary amides is 1. The van der Waals surface area contributed by atoms with Crippen LogP contribution in [0.1, 0.15) is 26.7 Å². The first-order valence-corrected chi connectivity index (χ1v) is 4.97. The summed E-state index contributed by atoms with van der Waals surface area (Å²) in [6.07, 6.45) is 2.86. The molecule has 1 unspecified atom stereocenters. The van der Waals surface area contributed by atoms with E-state index in [2.05, 4.69) is 22.6 Å². The minimum atomic E-state index is -0.704. The molecule has 0 saturated carbocycles. The summed E-state index contributed by atoms with van der Waals surface area (Å²) in [5.74, 6) is 0. The molecule has 0 saturated heterocycles. The Balaban J connectivity index is 4.12. The summed E-state index contributed by atoms with van der Waals surface area (Å²) in [6, 6.07) is 0. The van der Waals surface area contributed by atoms with Crippen LogP contribution in [0.2, 0.25) is 0 Å². The minimum Gasteiger partial charge on any atom is -0.441 e. The van der Waals surface area contributed by atoms with E-state index in [1.165, 1.54) is 0 Å². The molecule has 70 valence electrons. The summed E-state index contributed by atoms with van der Waals surface area (Å²) in [4.78, 5) is 10.5. The molecule has 0 fully saturated rings. The second kappa shape index (κ2) is 6.28. The van der Waals surface area contributed by atoms with Gasteiger partial charge in [-0.25, -0.2) is 4.79 Å². The van der Waals surface area contributed by atoms with E-state index in [0.717, 1.165) is 16.4 Å². The second-order valence-corrected chi connectivity index (χ2v) is 3.63. The number of amides is 1. The quantitative estimate of drug-likeness (QED) is 0.806. The summed E-state index contributed by atoms with van der Waals surface area (Å²) in [5, 5.41) is 0. The van der Waals surface area contributed by atoms with Gasteiger partial charge in [-0.15, -0.1) is 0 Å². The van der Waals surface area contributed by atoms with E-state index in [0.29, 0.717) is 0 Å². The fourth-order valence-corrected chi connectivity index (χ4v) is 1.28. The van der Waals surface area contributed by atoms with Crippen LogP contribution in [0.15, 0.2) is 9.66 Å². The molecule has 0 aromatic rings. The van der Waals surface area contributed by atoms with E-state index < -0.39 is 6.09 Å². The number of carbonyl (C=O) groups excluding carboxylic acids is 1. The number of allylic oxidation sites excluding steroid dienone is 1. The number of rotatable bonds is 4. The summed E-state index contributed by atoms with van der Waals surface area (Å²) < 4.78 is 5.93. The van der Waals surface area contributed by atoms with Crippen molar-refractivity contribution in [2.75, 3.05) is 0 Å². The van der Waals surface area contributed by atoms with Crippen molar-refractivity contribution in [1.82, 2.24) is 0 Å². The number of carbonyl (C=O) groups is 1. The van der Waals surface area contributed by atoms with Gasteiger partial charge in [-0.3, -0.25) is 0 Å². The number of nitrogens with two attached hydrogens (primary N) is 1. The molecule has 0 aliphatic heterocycles. The molecule has 0 spiro atoms. The predicted molar refractivity (Wildman–Crippen MR) is 57.1 cm³/mol. The van der Waals surface area contributed by atoms with Crippen LogP contribution in [0.5, 0.6) is 0 Å². The van der Waals surface area contributed by atoms with E-state index in [-0.39, 0.29) is 6.10 Å². The average Bonchev–Trinajstić information content (AvgIpc) is 2.01. The highest BCUT2D eigenvalue weighted by molar-refractivity contribution is 14.1. The Morgan fingerprint density at radius 1 is 1.75 bits per heavy atom. The SMILES string of the molecule is C/C=C(/I)C(CCC)OC(N)=O. The number of halogens is 1. The summed E-state index contributed by atoms with van der Waals surface area (Å²) >= 11 is 2.15. The van der Waals surface area contributed by atoms with Gasteiger partial charge in [0, 0.05) is 3.58 Å². The number of hydrogen-bond acceptors (Lipinski definition) is 2. The van der Waals surface area contributed by atoms with Gasteiger partial charge in [0.25, 0.3) is 0 Å². The van der Waals surface area contributed by atoms with Crippen molar-refractivity contribution in [2.24, 2.45) is 5.73 Å². The lowest BCUT2D eigenvalue weighted by atomic mass is 10.2. The maximum Gasteiger partial charge on any atom is 0.405 e. The van der Waals surface area contributed by atoms with E-state index >= 15 is 0 Å². The molecule has 0 rings (SSSR count). The Morgan fingerprint density at radius 2 is 2.33 bits per heavy atom. The van der Waals surface area contributed by atoms with E-state index in [1.807, 2.05) is 19.9 Å². The number of hydrogen-bond donors (Lipinski definition) is 1. The normalized spacial score (nSPS) is 14.1. The van der Waals surface area contributed by atoms with Gasteiger partial charge in [0.1, 0.15) is 6.10 Å². The summed E-state index contributed by atoms with van der Waals surface area (Å²) in [7, 11) is 0. The highest BCUT2D eigenvalue weighted by Gasteiger charge is 2.13. The highest BCUT2D eigenvalue weighted by atomic mass is 127. The molecule has 4 heteroatoms. The lowest BCUT2D eigenvalue weighted by molar-refractivity contribution is 0.124. The van der Waals surface area contributed by atoms with Crippen molar-refractivity contribution in [3.05, 3.63) is 9.66 Å². The first-order valence-electron chi connectivity index (χ1n) is 3.89. The molecule has 0 heterocycles. The van der Waals surface area contributed by atoms with Gasteiger partial charge in [0.15, 0.2) is 0 Å². The van der Waals surface area contributed by atoms with Crippen molar-refractivity contribution in [2.45, 2.75) is 32.8 Å². The molecule has 1 atom stereocenters. The Kier molecular flexibility index (Phi) is 6.14. The Bertz CT molecular complexity index is 180. The third kappa shape index (κ3) is 4.58. The van der Waals surface area contributed by atoms with Gasteiger partial charge in [-0.1, -0.05) is 19.4 Å². The smallest absolute Gasteiger partial charge is 0.405 e. The third-order valence-electron chi connectivity index (χ3n) is 1.39. The van der Waals surface area contributed by atoms with Crippen molar-refractivity contribution < 1.29 is 9.53 Å². The summed E-state index contributed by atoms with van der Waals surface area (Å²) in [6.45, 7) is 3.95. The Hall–Kier alpha value is -0.260. The van der Waals surface area contributed by atoms with Crippen LogP contribution in [0.4, 0.5) is 4.79 Å². The first-order chi connectivity index (χ1) is 5.61. The number of ether oxygens (including phenoxy) is 1. The summed E-state index contributed by atoms with van der Waals surface area (Å²) in [5.41, 5.74) is 4.92. The lowest BCUT2D eigenvalue weighted by Gasteiger charge is -2.14. The van der Waals surface area contributed by atoms with Crippen LogP contribution in [0.3, 0.4) is 0 Å². The molecule has 1 amide bonds. The van der Waals surface area contributed by atoms with Crippen molar-refractivity contribution >= 4 is 28.7 Å². The van der Waals surface area contributed by atoms with Crippen LogP contribution in [-0.2, 0) is 4.74 Å². The van der Waals surface area contributed by atoms with Crippen LogP contribution < -0.4 is 5.73 Å². The van der Waals surface area contributed by atoms with Crippen LogP contribution in [-0.4, -0.2) is 12.2 Å². The lowest BCUT2D eigenvalue weighted by Crippen LogP contribution is -2.22. The molecule has 12 heavy (non-hydrogen) atoms. The zero-order chi connectivity index (χ0) is 9.56. The van der Waals surface area contributed by atoms with Gasteiger partial charge in [0.2, 0.25) is 0 Å². The predicted octanol–water partition coefficient (Wildman–Crippen LogP) is 2.59. The molecule has 0 aliphatic rings. The second-order valence-electron chi connectivity index (χ2n) is 2.39. The fourth-order valence-electron chi connectivity index (χ4n) is 0.841. The molecule has 0 bridgehead atoms. The molecule has 0 aromatic carbocycles. The zero-order valence-corrected chi connectivity index (χ0v) is 9.50. The van der Waals surface area contributed by atoms with E-state index in [4.69, 9.17) is 10.5 Å². The van der Waals surface area contributed by atoms with Crippen LogP contribution in [0, 0.1) is 0 Å². The van der Waals surface area contributed by atoms with E-state index in [9.17, 15) is 4.79 Å². The molecular weight excluding hydrogens is 269 g/mol.